The van der Waals surface area contributed by atoms with E-state index in [0.29, 0.717) is 17.2 Å². The van der Waals surface area contributed by atoms with E-state index in [1.54, 1.807) is 23.8 Å². The Morgan fingerprint density at radius 2 is 1.73 bits per heavy atom. The van der Waals surface area contributed by atoms with Gasteiger partial charge in [0.1, 0.15) is 0 Å². The van der Waals surface area contributed by atoms with E-state index in [1.807, 2.05) is 73.6 Å². The van der Waals surface area contributed by atoms with E-state index < -0.39 is 12.0 Å². The van der Waals surface area contributed by atoms with E-state index in [4.69, 9.17) is 9.73 Å². The Balaban J connectivity index is 1.91. The van der Waals surface area contributed by atoms with Crippen molar-refractivity contribution < 1.29 is 14.3 Å². The summed E-state index contributed by atoms with van der Waals surface area (Å²) in [5, 5.41) is 6.25. The highest BCUT2D eigenvalue weighted by molar-refractivity contribution is 6.43. The van der Waals surface area contributed by atoms with Crippen molar-refractivity contribution in [3.05, 3.63) is 71.4 Å². The number of Topliss-reactive ketones (excluding diaryl/α,β-unsaturated/α-hetero) is 1. The molecule has 0 amide bonds. The first-order chi connectivity index (χ1) is 15.8. The number of fused-ring (bicyclic) bond motifs is 1. The van der Waals surface area contributed by atoms with E-state index >= 15 is 0 Å². The van der Waals surface area contributed by atoms with Crippen LogP contribution in [0.25, 0.3) is 0 Å². The normalized spacial score (nSPS) is 17.4. The zero-order valence-electron chi connectivity index (χ0n) is 19.4. The standard InChI is InChI=1S/C25H27N5O3/c1-6-33-24(32)21-16(2)26-25-29(22(21)18-12-14-19(15-13-18)28(4)5)23(17(3)31)27-30(25)20-10-8-7-9-11-20/h7-15,22H,6H2,1-5H3. The van der Waals surface area contributed by atoms with Crippen molar-refractivity contribution in [2.75, 3.05) is 30.6 Å². The van der Waals surface area contributed by atoms with Gasteiger partial charge in [0.05, 0.1) is 29.6 Å². The molecule has 0 bridgehead atoms. The summed E-state index contributed by atoms with van der Waals surface area (Å²) in [5.74, 6) is 0.00609. The van der Waals surface area contributed by atoms with Crippen LogP contribution in [-0.4, -0.2) is 49.1 Å². The second kappa shape index (κ2) is 8.90. The maximum atomic E-state index is 13.1. The van der Waals surface area contributed by atoms with Crippen molar-refractivity contribution in [1.82, 2.24) is 4.90 Å². The summed E-state index contributed by atoms with van der Waals surface area (Å²) in [6, 6.07) is 16.8. The first-order valence-electron chi connectivity index (χ1n) is 10.8. The molecule has 2 aromatic carbocycles. The third-order valence-corrected chi connectivity index (χ3v) is 5.55. The SMILES string of the molecule is CCOC(=O)C1=C(C)N=C2N(c3ccccc3)N=C(C(C)=O)N2C1c1ccc(N(C)C)cc1. The fourth-order valence-electron chi connectivity index (χ4n) is 3.98. The lowest BCUT2D eigenvalue weighted by Crippen LogP contribution is -2.46. The molecule has 4 rings (SSSR count). The molecule has 2 aromatic rings. The molecule has 0 fully saturated rings. The predicted octanol–water partition coefficient (Wildman–Crippen LogP) is 3.73. The molecule has 0 radical (unpaired) electrons. The highest BCUT2D eigenvalue weighted by atomic mass is 16.5. The molecular weight excluding hydrogens is 418 g/mol. The summed E-state index contributed by atoms with van der Waals surface area (Å²) < 4.78 is 5.38. The van der Waals surface area contributed by atoms with Gasteiger partial charge in [0.25, 0.3) is 0 Å². The van der Waals surface area contributed by atoms with Crippen LogP contribution in [0.2, 0.25) is 0 Å². The van der Waals surface area contributed by atoms with Crippen LogP contribution in [0.1, 0.15) is 32.4 Å². The predicted molar refractivity (Wildman–Crippen MR) is 129 cm³/mol. The minimum absolute atomic E-state index is 0.216. The summed E-state index contributed by atoms with van der Waals surface area (Å²) in [6.07, 6.45) is 0. The number of ketones is 1. The van der Waals surface area contributed by atoms with E-state index in [9.17, 15) is 9.59 Å². The number of carbonyl (C=O) groups excluding carboxylic acids is 2. The minimum atomic E-state index is -0.607. The fourth-order valence-corrected chi connectivity index (χ4v) is 3.98. The molecule has 8 nitrogen and oxygen atoms in total. The molecule has 0 saturated heterocycles. The lowest BCUT2D eigenvalue weighted by Gasteiger charge is -2.35. The Morgan fingerprint density at radius 1 is 1.06 bits per heavy atom. The van der Waals surface area contributed by atoms with Crippen LogP contribution in [0.3, 0.4) is 0 Å². The van der Waals surface area contributed by atoms with Gasteiger partial charge in [-0.15, -0.1) is 5.10 Å². The Hall–Kier alpha value is -3.94. The number of hydrazone groups is 1. The Labute approximate surface area is 193 Å². The van der Waals surface area contributed by atoms with Gasteiger partial charge in [-0.1, -0.05) is 30.3 Å². The van der Waals surface area contributed by atoms with Gasteiger partial charge in [0.15, 0.2) is 11.6 Å². The number of guanidine groups is 1. The van der Waals surface area contributed by atoms with E-state index in [2.05, 4.69) is 5.10 Å². The molecule has 0 saturated carbocycles. The van der Waals surface area contributed by atoms with E-state index in [1.165, 1.54) is 6.92 Å². The van der Waals surface area contributed by atoms with Crippen LogP contribution >= 0.6 is 0 Å². The summed E-state index contributed by atoms with van der Waals surface area (Å²) >= 11 is 0. The van der Waals surface area contributed by atoms with Gasteiger partial charge < -0.3 is 9.64 Å². The first kappa shape index (κ1) is 22.3. The van der Waals surface area contributed by atoms with Gasteiger partial charge in [0.2, 0.25) is 5.96 Å². The maximum Gasteiger partial charge on any atom is 0.338 e. The molecule has 33 heavy (non-hydrogen) atoms. The number of esters is 1. The lowest BCUT2D eigenvalue weighted by atomic mass is 9.93. The van der Waals surface area contributed by atoms with Gasteiger partial charge in [-0.2, -0.15) is 5.01 Å². The summed E-state index contributed by atoms with van der Waals surface area (Å²) in [5.41, 5.74) is 3.55. The maximum absolute atomic E-state index is 13.1. The number of rotatable bonds is 6. The van der Waals surface area contributed by atoms with Crippen molar-refractivity contribution in [1.29, 1.82) is 0 Å². The summed E-state index contributed by atoms with van der Waals surface area (Å²) in [4.78, 5) is 34.2. The molecule has 2 aliphatic rings. The molecule has 2 aliphatic heterocycles. The Morgan fingerprint density at radius 3 is 2.30 bits per heavy atom. The molecule has 0 spiro atoms. The minimum Gasteiger partial charge on any atom is -0.463 e. The van der Waals surface area contributed by atoms with Crippen LogP contribution in [-0.2, 0) is 14.3 Å². The quantitative estimate of drug-likeness (QED) is 0.631. The number of aliphatic imine (C=N–C) groups is 1. The van der Waals surface area contributed by atoms with E-state index in [-0.39, 0.29) is 18.2 Å². The van der Waals surface area contributed by atoms with E-state index in [0.717, 1.165) is 16.9 Å². The molecule has 1 unspecified atom stereocenters. The van der Waals surface area contributed by atoms with Gasteiger partial charge in [-0.25, -0.2) is 9.79 Å². The third-order valence-electron chi connectivity index (χ3n) is 5.55. The zero-order valence-corrected chi connectivity index (χ0v) is 19.4. The molecule has 8 heteroatoms. The number of para-hydroxylation sites is 1. The Kier molecular flexibility index (Phi) is 6.00. The molecular formula is C25H27N5O3. The number of hydrogen-bond donors (Lipinski definition) is 0. The van der Waals surface area contributed by atoms with Crippen LogP contribution < -0.4 is 9.91 Å². The average molecular weight is 446 g/mol. The second-order valence-corrected chi connectivity index (χ2v) is 8.02. The number of nitrogens with zero attached hydrogens (tertiary/aromatic N) is 5. The number of amidine groups is 1. The molecule has 170 valence electrons. The molecule has 0 N–H and O–H groups in total. The van der Waals surface area contributed by atoms with Crippen LogP contribution in [0, 0.1) is 0 Å². The highest BCUT2D eigenvalue weighted by Crippen LogP contribution is 2.40. The van der Waals surface area contributed by atoms with Crippen molar-refractivity contribution in [2.45, 2.75) is 26.8 Å². The van der Waals surface area contributed by atoms with Crippen LogP contribution in [0.15, 0.2) is 76.0 Å². The number of anilines is 2. The second-order valence-electron chi connectivity index (χ2n) is 8.02. The number of carbonyl (C=O) groups is 2. The average Bonchev–Trinajstić information content (AvgIpc) is 3.18. The number of allylic oxidation sites excluding steroid dienone is 1. The number of hydrogen-bond acceptors (Lipinski definition) is 8. The summed E-state index contributed by atoms with van der Waals surface area (Å²) in [7, 11) is 3.93. The van der Waals surface area contributed by atoms with Gasteiger partial charge in [-0.05, 0) is 43.7 Å². The largest absolute Gasteiger partial charge is 0.463 e. The summed E-state index contributed by atoms with van der Waals surface area (Å²) in [6.45, 7) is 5.25. The van der Waals surface area contributed by atoms with Crippen molar-refractivity contribution >= 4 is 34.9 Å². The first-order valence-corrected chi connectivity index (χ1v) is 10.8. The third kappa shape index (κ3) is 4.00. The number of benzene rings is 2. The monoisotopic (exact) mass is 445 g/mol. The van der Waals surface area contributed by atoms with Crippen molar-refractivity contribution in [2.24, 2.45) is 10.1 Å². The van der Waals surface area contributed by atoms with Crippen LogP contribution in [0.4, 0.5) is 11.4 Å². The fraction of sp³-hybridized carbons (Fsp3) is 0.280. The van der Waals surface area contributed by atoms with Crippen molar-refractivity contribution in [3.8, 4) is 0 Å². The highest BCUT2D eigenvalue weighted by Gasteiger charge is 2.45. The molecule has 0 aliphatic carbocycles. The topological polar surface area (TPSA) is 77.8 Å². The number of ether oxygens (including phenoxy) is 1. The van der Waals surface area contributed by atoms with Gasteiger partial charge in [-0.3, -0.25) is 9.69 Å². The molecule has 2 heterocycles. The van der Waals surface area contributed by atoms with Gasteiger partial charge in [0, 0.05) is 26.7 Å². The molecule has 0 aromatic heterocycles. The van der Waals surface area contributed by atoms with Crippen molar-refractivity contribution in [3.63, 3.8) is 0 Å². The lowest BCUT2D eigenvalue weighted by molar-refractivity contribution is -0.139. The molecule has 1 atom stereocenters. The Bertz CT molecular complexity index is 1170. The zero-order chi connectivity index (χ0) is 23.7. The van der Waals surface area contributed by atoms with Gasteiger partial charge >= 0.3 is 5.97 Å². The van der Waals surface area contributed by atoms with Crippen LogP contribution in [0.5, 0.6) is 0 Å². The smallest absolute Gasteiger partial charge is 0.338 e.